The van der Waals surface area contributed by atoms with Gasteiger partial charge in [0.15, 0.2) is 0 Å². The smallest absolute Gasteiger partial charge is 0.243 e. The monoisotopic (exact) mass is 488 g/mol. The number of nitrogens with zero attached hydrogens (tertiary/aromatic N) is 2. The summed E-state index contributed by atoms with van der Waals surface area (Å²) in [5, 5.41) is 2.97. The summed E-state index contributed by atoms with van der Waals surface area (Å²) in [4.78, 5) is 21.0. The molecule has 2 N–H and O–H groups in total. The van der Waals surface area contributed by atoms with Crippen LogP contribution in [0.4, 0.5) is 5.69 Å². The molecule has 0 saturated carbocycles. The molecule has 2 heterocycles. The van der Waals surface area contributed by atoms with Crippen molar-refractivity contribution in [3.05, 3.63) is 77.9 Å². The number of piperidine rings is 1. The Bertz CT molecular complexity index is 1480. The van der Waals surface area contributed by atoms with Gasteiger partial charge < -0.3 is 10.3 Å². The van der Waals surface area contributed by atoms with Gasteiger partial charge in [-0.1, -0.05) is 36.4 Å². The molecule has 180 valence electrons. The molecule has 0 bridgehead atoms. The van der Waals surface area contributed by atoms with E-state index in [9.17, 15) is 13.2 Å². The molecule has 1 fully saturated rings. The molecule has 1 saturated heterocycles. The number of H-pyrrole nitrogens is 1. The number of hydrogen-bond donors (Lipinski definition) is 2. The molecule has 35 heavy (non-hydrogen) atoms. The van der Waals surface area contributed by atoms with Crippen molar-refractivity contribution in [3.8, 4) is 11.4 Å². The van der Waals surface area contributed by atoms with Gasteiger partial charge in [-0.25, -0.2) is 13.4 Å². The Balaban J connectivity index is 1.35. The summed E-state index contributed by atoms with van der Waals surface area (Å²) in [6.07, 6.45) is 1.29. The van der Waals surface area contributed by atoms with Gasteiger partial charge in [0.1, 0.15) is 5.82 Å². The van der Waals surface area contributed by atoms with Gasteiger partial charge in [0.05, 0.1) is 21.8 Å². The zero-order chi connectivity index (χ0) is 24.6. The summed E-state index contributed by atoms with van der Waals surface area (Å²) in [5.74, 6) is 0.141. The Morgan fingerprint density at radius 3 is 2.51 bits per heavy atom. The molecule has 0 spiro atoms. The number of imidazole rings is 1. The molecule has 1 unspecified atom stereocenters. The van der Waals surface area contributed by atoms with E-state index in [4.69, 9.17) is 0 Å². The Labute approximate surface area is 205 Å². The fraction of sp³-hybridized carbons (Fsp3) is 0.259. The number of carbonyl (C=O) groups excluding carboxylic acids is 1. The van der Waals surface area contributed by atoms with Crippen LogP contribution in [0.25, 0.3) is 22.4 Å². The van der Waals surface area contributed by atoms with Crippen LogP contribution in [0.15, 0.2) is 71.6 Å². The lowest BCUT2D eigenvalue weighted by Gasteiger charge is -2.31. The number of nitrogens with one attached hydrogen (secondary N) is 2. The van der Waals surface area contributed by atoms with Crippen LogP contribution in [0, 0.1) is 19.8 Å². The summed E-state index contributed by atoms with van der Waals surface area (Å²) < 4.78 is 28.4. The van der Waals surface area contributed by atoms with Gasteiger partial charge in [-0.3, -0.25) is 4.79 Å². The van der Waals surface area contributed by atoms with Crippen molar-refractivity contribution in [2.45, 2.75) is 31.6 Å². The van der Waals surface area contributed by atoms with Crippen LogP contribution in [0.2, 0.25) is 0 Å². The highest BCUT2D eigenvalue weighted by molar-refractivity contribution is 7.89. The van der Waals surface area contributed by atoms with Gasteiger partial charge in [-0.05, 0) is 68.1 Å². The van der Waals surface area contributed by atoms with Crippen molar-refractivity contribution >= 4 is 32.7 Å². The molecule has 1 aromatic heterocycles. The quantitative estimate of drug-likeness (QED) is 0.418. The van der Waals surface area contributed by atoms with Crippen LogP contribution in [-0.2, 0) is 14.8 Å². The third-order valence-electron chi connectivity index (χ3n) is 6.38. The zero-order valence-electron chi connectivity index (χ0n) is 19.8. The van der Waals surface area contributed by atoms with Crippen molar-refractivity contribution in [2.24, 2.45) is 5.92 Å². The second-order valence-electron chi connectivity index (χ2n) is 9.20. The topological polar surface area (TPSA) is 95.2 Å². The number of benzene rings is 3. The Morgan fingerprint density at radius 1 is 1.03 bits per heavy atom. The van der Waals surface area contributed by atoms with Crippen LogP contribution >= 0.6 is 0 Å². The number of aromatic nitrogens is 2. The van der Waals surface area contributed by atoms with E-state index in [0.717, 1.165) is 22.4 Å². The van der Waals surface area contributed by atoms with Gasteiger partial charge in [-0.2, -0.15) is 4.31 Å². The van der Waals surface area contributed by atoms with E-state index in [0.29, 0.717) is 36.2 Å². The minimum absolute atomic E-state index is 0.147. The Morgan fingerprint density at radius 2 is 1.77 bits per heavy atom. The van der Waals surface area contributed by atoms with Crippen LogP contribution in [0.1, 0.15) is 24.0 Å². The summed E-state index contributed by atoms with van der Waals surface area (Å²) in [5.41, 5.74) is 5.17. The number of aromatic amines is 1. The van der Waals surface area contributed by atoms with E-state index >= 15 is 0 Å². The molecule has 7 nitrogen and oxygen atoms in total. The summed E-state index contributed by atoms with van der Waals surface area (Å²) in [7, 11) is -3.76. The third kappa shape index (κ3) is 4.85. The molecule has 3 aromatic carbocycles. The molecule has 1 aliphatic rings. The first-order chi connectivity index (χ1) is 16.8. The van der Waals surface area contributed by atoms with E-state index in [1.165, 1.54) is 4.31 Å². The first kappa shape index (κ1) is 23.3. The van der Waals surface area contributed by atoms with E-state index in [2.05, 4.69) is 15.3 Å². The highest BCUT2D eigenvalue weighted by atomic mass is 32.2. The standard InChI is InChI=1S/C27H28N4O3S/c1-18-13-19(2)15-22(14-18)28-27(32)21-9-6-12-31(17-21)35(33,34)23-10-11-24-25(16-23)30-26(29-24)20-7-4-3-5-8-20/h3-5,7-8,10-11,13-16,21H,6,9,12,17H2,1-2H3,(H,28,32)(H,29,30). The minimum Gasteiger partial charge on any atom is -0.338 e. The molecular formula is C27H28N4O3S. The number of fused-ring (bicyclic) bond motifs is 1. The van der Waals surface area contributed by atoms with Gasteiger partial charge >= 0.3 is 0 Å². The lowest BCUT2D eigenvalue weighted by Crippen LogP contribution is -2.43. The summed E-state index contributed by atoms with van der Waals surface area (Å²) in [6, 6.07) is 20.5. The van der Waals surface area contributed by atoms with Crippen molar-refractivity contribution in [2.75, 3.05) is 18.4 Å². The normalized spacial score (nSPS) is 16.9. The van der Waals surface area contributed by atoms with E-state index in [1.54, 1.807) is 18.2 Å². The van der Waals surface area contributed by atoms with Crippen LogP contribution in [0.5, 0.6) is 0 Å². The number of anilines is 1. The number of rotatable bonds is 5. The minimum atomic E-state index is -3.76. The Kier molecular flexibility index (Phi) is 6.17. The Hall–Kier alpha value is -3.49. The zero-order valence-corrected chi connectivity index (χ0v) is 20.6. The average Bonchev–Trinajstić information content (AvgIpc) is 3.28. The third-order valence-corrected chi connectivity index (χ3v) is 8.24. The van der Waals surface area contributed by atoms with Crippen LogP contribution in [-0.4, -0.2) is 41.7 Å². The molecule has 4 aromatic rings. The number of carbonyl (C=O) groups is 1. The lowest BCUT2D eigenvalue weighted by atomic mass is 9.98. The molecule has 5 rings (SSSR count). The number of amides is 1. The SMILES string of the molecule is Cc1cc(C)cc(NC(=O)C2CCCN(S(=O)(=O)c3ccc4nc(-c5ccccc5)[nH]c4c3)C2)c1. The fourth-order valence-corrected chi connectivity index (χ4v) is 6.25. The maximum absolute atomic E-state index is 13.5. The van der Waals surface area contributed by atoms with Gasteiger partial charge in [0.25, 0.3) is 0 Å². The van der Waals surface area contributed by atoms with Gasteiger partial charge in [0.2, 0.25) is 15.9 Å². The molecule has 8 heteroatoms. The van der Waals surface area contributed by atoms with Crippen molar-refractivity contribution in [1.82, 2.24) is 14.3 Å². The molecule has 1 atom stereocenters. The van der Waals surface area contributed by atoms with Crippen LogP contribution in [0.3, 0.4) is 0 Å². The first-order valence-corrected chi connectivity index (χ1v) is 13.2. The van der Waals surface area contributed by atoms with E-state index < -0.39 is 15.9 Å². The lowest BCUT2D eigenvalue weighted by molar-refractivity contribution is -0.120. The number of sulfonamides is 1. The molecule has 0 aliphatic carbocycles. The van der Waals surface area contributed by atoms with Crippen molar-refractivity contribution in [1.29, 1.82) is 0 Å². The first-order valence-electron chi connectivity index (χ1n) is 11.7. The number of hydrogen-bond acceptors (Lipinski definition) is 4. The van der Waals surface area contributed by atoms with Crippen molar-refractivity contribution in [3.63, 3.8) is 0 Å². The highest BCUT2D eigenvalue weighted by Crippen LogP contribution is 2.28. The largest absolute Gasteiger partial charge is 0.338 e. The summed E-state index contributed by atoms with van der Waals surface area (Å²) >= 11 is 0. The fourth-order valence-electron chi connectivity index (χ4n) is 4.70. The average molecular weight is 489 g/mol. The predicted molar refractivity (Wildman–Crippen MR) is 138 cm³/mol. The highest BCUT2D eigenvalue weighted by Gasteiger charge is 2.33. The summed E-state index contributed by atoms with van der Waals surface area (Å²) in [6.45, 7) is 4.52. The van der Waals surface area contributed by atoms with E-state index in [-0.39, 0.29) is 17.3 Å². The predicted octanol–water partition coefficient (Wildman–Crippen LogP) is 4.89. The maximum atomic E-state index is 13.5. The van der Waals surface area contributed by atoms with Gasteiger partial charge in [-0.15, -0.1) is 0 Å². The molecule has 1 aliphatic heterocycles. The van der Waals surface area contributed by atoms with E-state index in [1.807, 2.05) is 62.4 Å². The molecular weight excluding hydrogens is 460 g/mol. The second-order valence-corrected chi connectivity index (χ2v) is 11.1. The van der Waals surface area contributed by atoms with Crippen molar-refractivity contribution < 1.29 is 13.2 Å². The van der Waals surface area contributed by atoms with Gasteiger partial charge in [0, 0.05) is 24.3 Å². The van der Waals surface area contributed by atoms with Crippen LogP contribution < -0.4 is 5.32 Å². The number of aryl methyl sites for hydroxylation is 2. The molecule has 0 radical (unpaired) electrons. The second kappa shape index (κ2) is 9.28. The maximum Gasteiger partial charge on any atom is 0.243 e. The molecule has 1 amide bonds.